The molecule has 0 spiro atoms. The van der Waals surface area contributed by atoms with Crippen molar-refractivity contribution in [3.8, 4) is 0 Å². The summed E-state index contributed by atoms with van der Waals surface area (Å²) in [6.45, 7) is 4.52. The smallest absolute Gasteiger partial charge is 0.338 e. The molecule has 2 nitrogen and oxygen atoms in total. The zero-order chi connectivity index (χ0) is 17.6. The Morgan fingerprint density at radius 1 is 0.960 bits per heavy atom. The van der Waals surface area contributed by atoms with Crippen LogP contribution in [-0.2, 0) is 17.6 Å². The van der Waals surface area contributed by atoms with E-state index in [9.17, 15) is 4.79 Å². The standard InChI is InChI=1S/C23H34O2/c1-3-5-17-8-13-22(14-9-17)25-23(24)21-12-11-19-15-18(6-4-2)7-10-20(19)16-21/h11-12,16-18,22H,3-10,13-15H2,1-2H3/t17-,18?,22-. The van der Waals surface area contributed by atoms with Crippen LogP contribution in [0.1, 0.15) is 93.1 Å². The van der Waals surface area contributed by atoms with Gasteiger partial charge in [0.05, 0.1) is 5.56 Å². The fraction of sp³-hybridized carbons (Fsp3) is 0.696. The summed E-state index contributed by atoms with van der Waals surface area (Å²) in [4.78, 5) is 12.6. The minimum Gasteiger partial charge on any atom is -0.459 e. The van der Waals surface area contributed by atoms with Gasteiger partial charge in [-0.25, -0.2) is 4.79 Å². The maximum atomic E-state index is 12.6. The molecule has 0 heterocycles. The molecule has 2 heteroatoms. The second kappa shape index (κ2) is 8.87. The molecule has 1 unspecified atom stereocenters. The summed E-state index contributed by atoms with van der Waals surface area (Å²) in [7, 11) is 0. The lowest BCUT2D eigenvalue weighted by Crippen LogP contribution is -2.24. The molecule has 0 saturated heterocycles. The van der Waals surface area contributed by atoms with E-state index in [4.69, 9.17) is 4.74 Å². The Morgan fingerprint density at radius 2 is 1.68 bits per heavy atom. The van der Waals surface area contributed by atoms with Crippen LogP contribution in [0.3, 0.4) is 0 Å². The molecule has 0 radical (unpaired) electrons. The molecular formula is C23H34O2. The van der Waals surface area contributed by atoms with Crippen molar-refractivity contribution in [1.29, 1.82) is 0 Å². The van der Waals surface area contributed by atoms with Crippen LogP contribution in [0.15, 0.2) is 18.2 Å². The van der Waals surface area contributed by atoms with Gasteiger partial charge >= 0.3 is 5.97 Å². The van der Waals surface area contributed by atoms with Gasteiger partial charge in [-0.3, -0.25) is 0 Å². The van der Waals surface area contributed by atoms with Gasteiger partial charge in [-0.15, -0.1) is 0 Å². The van der Waals surface area contributed by atoms with Gasteiger partial charge in [0.2, 0.25) is 0 Å². The summed E-state index contributed by atoms with van der Waals surface area (Å²) in [6.07, 6.45) is 13.4. The van der Waals surface area contributed by atoms with Gasteiger partial charge in [0.15, 0.2) is 0 Å². The summed E-state index contributed by atoms with van der Waals surface area (Å²) in [5, 5.41) is 0. The molecule has 0 amide bonds. The van der Waals surface area contributed by atoms with E-state index >= 15 is 0 Å². The van der Waals surface area contributed by atoms with Crippen molar-refractivity contribution in [2.75, 3.05) is 0 Å². The van der Waals surface area contributed by atoms with Crippen LogP contribution in [0.5, 0.6) is 0 Å². The first kappa shape index (κ1) is 18.5. The molecule has 0 bridgehead atoms. The summed E-state index contributed by atoms with van der Waals surface area (Å²) in [5.41, 5.74) is 3.57. The zero-order valence-electron chi connectivity index (χ0n) is 16.1. The molecule has 1 fully saturated rings. The molecule has 0 aliphatic heterocycles. The van der Waals surface area contributed by atoms with Gasteiger partial charge < -0.3 is 4.74 Å². The third-order valence-corrected chi connectivity index (χ3v) is 6.23. The molecule has 0 N–H and O–H groups in total. The van der Waals surface area contributed by atoms with Crippen LogP contribution >= 0.6 is 0 Å². The molecule has 1 aromatic carbocycles. The van der Waals surface area contributed by atoms with Crippen molar-refractivity contribution in [3.05, 3.63) is 34.9 Å². The van der Waals surface area contributed by atoms with Crippen LogP contribution in [0.2, 0.25) is 0 Å². The van der Waals surface area contributed by atoms with Gasteiger partial charge in [0.25, 0.3) is 0 Å². The Kier molecular flexibility index (Phi) is 6.56. The van der Waals surface area contributed by atoms with E-state index < -0.39 is 0 Å². The highest BCUT2D eigenvalue weighted by Crippen LogP contribution is 2.31. The second-order valence-corrected chi connectivity index (χ2v) is 8.22. The minimum atomic E-state index is -0.113. The van der Waals surface area contributed by atoms with E-state index in [0.29, 0.717) is 0 Å². The first-order valence-electron chi connectivity index (χ1n) is 10.5. The second-order valence-electron chi connectivity index (χ2n) is 8.22. The molecule has 2 aliphatic carbocycles. The van der Waals surface area contributed by atoms with E-state index in [2.05, 4.69) is 26.0 Å². The van der Waals surface area contributed by atoms with E-state index in [1.165, 1.54) is 62.5 Å². The summed E-state index contributed by atoms with van der Waals surface area (Å²) >= 11 is 0. The maximum absolute atomic E-state index is 12.6. The normalized spacial score (nSPS) is 26.1. The van der Waals surface area contributed by atoms with Crippen LogP contribution in [0.4, 0.5) is 0 Å². The Morgan fingerprint density at radius 3 is 2.40 bits per heavy atom. The highest BCUT2D eigenvalue weighted by molar-refractivity contribution is 5.89. The van der Waals surface area contributed by atoms with E-state index in [1.807, 2.05) is 6.07 Å². The highest BCUT2D eigenvalue weighted by atomic mass is 16.5. The van der Waals surface area contributed by atoms with Gasteiger partial charge in [-0.2, -0.15) is 0 Å². The van der Waals surface area contributed by atoms with E-state index in [1.54, 1.807) is 0 Å². The van der Waals surface area contributed by atoms with Crippen LogP contribution < -0.4 is 0 Å². The quantitative estimate of drug-likeness (QED) is 0.583. The third-order valence-electron chi connectivity index (χ3n) is 6.23. The lowest BCUT2D eigenvalue weighted by atomic mass is 9.81. The molecule has 1 atom stereocenters. The fourth-order valence-corrected chi connectivity index (χ4v) is 4.78. The Bertz CT molecular complexity index is 569. The van der Waals surface area contributed by atoms with Crippen LogP contribution in [0, 0.1) is 11.8 Å². The fourth-order valence-electron chi connectivity index (χ4n) is 4.78. The van der Waals surface area contributed by atoms with Crippen LogP contribution in [0.25, 0.3) is 0 Å². The first-order valence-corrected chi connectivity index (χ1v) is 10.5. The van der Waals surface area contributed by atoms with E-state index in [0.717, 1.165) is 36.7 Å². The molecule has 1 saturated carbocycles. The number of carbonyl (C=O) groups is 1. The van der Waals surface area contributed by atoms with Gasteiger partial charge in [0.1, 0.15) is 6.10 Å². The highest BCUT2D eigenvalue weighted by Gasteiger charge is 2.25. The average Bonchev–Trinajstić information content (AvgIpc) is 2.63. The zero-order valence-corrected chi connectivity index (χ0v) is 16.1. The Balaban J connectivity index is 1.55. The molecule has 2 aliphatic rings. The lowest BCUT2D eigenvalue weighted by molar-refractivity contribution is 0.0161. The number of ether oxygens (including phenoxy) is 1. The SMILES string of the molecule is CCCC1CCc2cc(C(=O)O[C@H]3CC[C@H](CCC)CC3)ccc2C1. The van der Waals surface area contributed by atoms with Crippen molar-refractivity contribution >= 4 is 5.97 Å². The van der Waals surface area contributed by atoms with Crippen molar-refractivity contribution in [1.82, 2.24) is 0 Å². The number of benzene rings is 1. The van der Waals surface area contributed by atoms with Gasteiger partial charge in [-0.05, 0) is 80.0 Å². The number of hydrogen-bond donors (Lipinski definition) is 0. The van der Waals surface area contributed by atoms with Gasteiger partial charge in [-0.1, -0.05) is 45.6 Å². The minimum absolute atomic E-state index is 0.113. The number of hydrogen-bond acceptors (Lipinski definition) is 2. The summed E-state index contributed by atoms with van der Waals surface area (Å²) in [5.74, 6) is 1.56. The van der Waals surface area contributed by atoms with Crippen molar-refractivity contribution in [3.63, 3.8) is 0 Å². The predicted molar refractivity (Wildman–Crippen MR) is 103 cm³/mol. The van der Waals surface area contributed by atoms with Crippen molar-refractivity contribution in [2.45, 2.75) is 90.6 Å². The lowest BCUT2D eigenvalue weighted by Gasteiger charge is -2.28. The summed E-state index contributed by atoms with van der Waals surface area (Å²) in [6, 6.07) is 6.26. The maximum Gasteiger partial charge on any atom is 0.338 e. The summed E-state index contributed by atoms with van der Waals surface area (Å²) < 4.78 is 5.82. The molecule has 138 valence electrons. The molecular weight excluding hydrogens is 308 g/mol. The van der Waals surface area contributed by atoms with Crippen LogP contribution in [-0.4, -0.2) is 12.1 Å². The number of esters is 1. The Hall–Kier alpha value is -1.31. The van der Waals surface area contributed by atoms with E-state index in [-0.39, 0.29) is 12.1 Å². The number of fused-ring (bicyclic) bond motifs is 1. The first-order chi connectivity index (χ1) is 12.2. The largest absolute Gasteiger partial charge is 0.459 e. The average molecular weight is 343 g/mol. The van der Waals surface area contributed by atoms with Gasteiger partial charge in [0, 0.05) is 0 Å². The predicted octanol–water partition coefficient (Wildman–Crippen LogP) is 6.11. The number of rotatable bonds is 6. The number of carbonyl (C=O) groups excluding carboxylic acids is 1. The number of aryl methyl sites for hydroxylation is 1. The van der Waals surface area contributed by atoms with Crippen molar-refractivity contribution in [2.24, 2.45) is 11.8 Å². The topological polar surface area (TPSA) is 26.3 Å². The molecule has 1 aromatic rings. The van der Waals surface area contributed by atoms with Crippen molar-refractivity contribution < 1.29 is 9.53 Å². The molecule has 25 heavy (non-hydrogen) atoms. The Labute approximate surface area is 153 Å². The molecule has 3 rings (SSSR count). The molecule has 0 aromatic heterocycles. The third kappa shape index (κ3) is 4.86. The monoisotopic (exact) mass is 342 g/mol.